The van der Waals surface area contributed by atoms with E-state index in [9.17, 15) is 19.3 Å². The first kappa shape index (κ1) is 12.6. The fourth-order valence-electron chi connectivity index (χ4n) is 1.06. The van der Waals surface area contributed by atoms with Crippen LogP contribution in [0, 0.1) is 15.9 Å². The van der Waals surface area contributed by atoms with Gasteiger partial charge in [0.25, 0.3) is 0 Å². The van der Waals surface area contributed by atoms with Crippen molar-refractivity contribution in [2.24, 2.45) is 0 Å². The van der Waals surface area contributed by atoms with E-state index in [-0.39, 0.29) is 6.61 Å². The van der Waals surface area contributed by atoms with Gasteiger partial charge >= 0.3 is 11.7 Å². The number of para-hydroxylation sites is 1. The van der Waals surface area contributed by atoms with Gasteiger partial charge < -0.3 is 9.84 Å². The van der Waals surface area contributed by atoms with Crippen molar-refractivity contribution in [2.45, 2.75) is 0 Å². The molecule has 0 atom stereocenters. The van der Waals surface area contributed by atoms with Gasteiger partial charge in [-0.25, -0.2) is 9.18 Å². The average molecular weight is 241 g/mol. The predicted molar refractivity (Wildman–Crippen MR) is 55.3 cm³/mol. The second-order valence-electron chi connectivity index (χ2n) is 2.90. The fraction of sp³-hybridized carbons (Fsp3) is 0.100. The second-order valence-corrected chi connectivity index (χ2v) is 2.90. The molecule has 0 radical (unpaired) electrons. The molecule has 0 aliphatic carbocycles. The molecule has 0 amide bonds. The van der Waals surface area contributed by atoms with Crippen molar-refractivity contribution in [1.82, 2.24) is 0 Å². The highest BCUT2D eigenvalue weighted by atomic mass is 19.1. The molecule has 1 N–H and O–H groups in total. The number of carbonyl (C=O) groups is 1. The van der Waals surface area contributed by atoms with E-state index in [0.717, 1.165) is 24.3 Å². The Morgan fingerprint density at radius 3 is 2.88 bits per heavy atom. The SMILES string of the molecule is O=C(O)/C=C/COc1c(F)cccc1[N+](=O)[O-]. The first-order valence-electron chi connectivity index (χ1n) is 4.47. The monoisotopic (exact) mass is 241 g/mol. The van der Waals surface area contributed by atoms with Gasteiger partial charge in [0, 0.05) is 12.1 Å². The molecule has 1 rings (SSSR count). The lowest BCUT2D eigenvalue weighted by Crippen LogP contribution is -2.01. The number of nitro groups is 1. The van der Waals surface area contributed by atoms with Crippen LogP contribution in [-0.4, -0.2) is 22.6 Å². The van der Waals surface area contributed by atoms with Crippen LogP contribution >= 0.6 is 0 Å². The van der Waals surface area contributed by atoms with E-state index in [4.69, 9.17) is 9.84 Å². The molecule has 0 bridgehead atoms. The number of carboxylic acids is 1. The summed E-state index contributed by atoms with van der Waals surface area (Å²) in [6, 6.07) is 3.30. The van der Waals surface area contributed by atoms with E-state index in [1.54, 1.807) is 0 Å². The molecule has 0 saturated carbocycles. The minimum Gasteiger partial charge on any atom is -0.481 e. The van der Waals surface area contributed by atoms with Crippen molar-refractivity contribution < 1.29 is 24.0 Å². The van der Waals surface area contributed by atoms with Crippen molar-refractivity contribution in [3.05, 3.63) is 46.3 Å². The molecule has 0 aliphatic rings. The maximum Gasteiger partial charge on any atom is 0.328 e. The number of nitrogens with zero attached hydrogens (tertiary/aromatic N) is 1. The number of hydrogen-bond donors (Lipinski definition) is 1. The largest absolute Gasteiger partial charge is 0.481 e. The Morgan fingerprint density at radius 2 is 2.29 bits per heavy atom. The van der Waals surface area contributed by atoms with Gasteiger partial charge in [0.15, 0.2) is 5.82 Å². The van der Waals surface area contributed by atoms with Crippen LogP contribution in [0.1, 0.15) is 0 Å². The van der Waals surface area contributed by atoms with Gasteiger partial charge in [-0.1, -0.05) is 6.07 Å². The molecule has 7 heteroatoms. The lowest BCUT2D eigenvalue weighted by atomic mass is 10.3. The molecular weight excluding hydrogens is 233 g/mol. The number of aliphatic carboxylic acids is 1. The lowest BCUT2D eigenvalue weighted by molar-refractivity contribution is -0.386. The molecule has 0 fully saturated rings. The Balaban J connectivity index is 2.82. The molecule has 0 aliphatic heterocycles. The Labute approximate surface area is 95.1 Å². The van der Waals surface area contributed by atoms with E-state index >= 15 is 0 Å². The molecule has 0 unspecified atom stereocenters. The summed E-state index contributed by atoms with van der Waals surface area (Å²) in [5, 5.41) is 18.8. The Kier molecular flexibility index (Phi) is 4.15. The summed E-state index contributed by atoms with van der Waals surface area (Å²) in [4.78, 5) is 19.9. The van der Waals surface area contributed by atoms with E-state index in [1.165, 1.54) is 6.07 Å². The van der Waals surface area contributed by atoms with Crippen molar-refractivity contribution in [2.75, 3.05) is 6.61 Å². The Morgan fingerprint density at radius 1 is 1.59 bits per heavy atom. The first-order valence-corrected chi connectivity index (χ1v) is 4.47. The van der Waals surface area contributed by atoms with Gasteiger partial charge in [0.1, 0.15) is 6.61 Å². The standard InChI is InChI=1S/C10H8FNO5/c11-7-3-1-4-8(12(15)16)10(7)17-6-2-5-9(13)14/h1-5H,6H2,(H,13,14)/b5-2+. The van der Waals surface area contributed by atoms with Crippen molar-refractivity contribution in [3.8, 4) is 5.75 Å². The number of hydrogen-bond acceptors (Lipinski definition) is 4. The smallest absolute Gasteiger partial charge is 0.328 e. The van der Waals surface area contributed by atoms with E-state index in [0.29, 0.717) is 0 Å². The van der Waals surface area contributed by atoms with Crippen LogP contribution in [0.3, 0.4) is 0 Å². The minimum atomic E-state index is -1.18. The van der Waals surface area contributed by atoms with Crippen LogP contribution in [-0.2, 0) is 4.79 Å². The summed E-state index contributed by atoms with van der Waals surface area (Å²) in [6.45, 7) is -0.270. The number of carboxylic acid groups (broad SMARTS) is 1. The highest BCUT2D eigenvalue weighted by Gasteiger charge is 2.18. The quantitative estimate of drug-likeness (QED) is 0.482. The fourth-order valence-corrected chi connectivity index (χ4v) is 1.06. The molecule has 1 aromatic carbocycles. The third-order valence-electron chi connectivity index (χ3n) is 1.73. The van der Waals surface area contributed by atoms with E-state index in [2.05, 4.69) is 0 Å². The topological polar surface area (TPSA) is 89.7 Å². The second kappa shape index (κ2) is 5.59. The van der Waals surface area contributed by atoms with E-state index < -0.39 is 28.1 Å². The summed E-state index contributed by atoms with van der Waals surface area (Å²) in [6.07, 6.45) is 1.91. The maximum absolute atomic E-state index is 13.2. The number of nitro benzene ring substituents is 1. The summed E-state index contributed by atoms with van der Waals surface area (Å²) < 4.78 is 18.0. The molecule has 0 saturated heterocycles. The zero-order valence-corrected chi connectivity index (χ0v) is 8.50. The minimum absolute atomic E-state index is 0.270. The molecule has 0 aromatic heterocycles. The summed E-state index contributed by atoms with van der Waals surface area (Å²) >= 11 is 0. The first-order chi connectivity index (χ1) is 8.02. The van der Waals surface area contributed by atoms with Crippen LogP contribution < -0.4 is 4.74 Å². The molecule has 0 heterocycles. The van der Waals surface area contributed by atoms with Crippen molar-refractivity contribution in [3.63, 3.8) is 0 Å². The Hall–Kier alpha value is -2.44. The number of benzene rings is 1. The van der Waals surface area contributed by atoms with Gasteiger partial charge in [-0.3, -0.25) is 10.1 Å². The molecule has 17 heavy (non-hydrogen) atoms. The van der Waals surface area contributed by atoms with Gasteiger partial charge in [-0.2, -0.15) is 0 Å². The third kappa shape index (κ3) is 3.56. The summed E-state index contributed by atoms with van der Waals surface area (Å²) in [5.41, 5.74) is -0.506. The summed E-state index contributed by atoms with van der Waals surface area (Å²) in [5.74, 6) is -2.56. The normalized spacial score (nSPS) is 10.4. The predicted octanol–water partition coefficient (Wildman–Crippen LogP) is 1.75. The highest BCUT2D eigenvalue weighted by molar-refractivity contribution is 5.79. The van der Waals surface area contributed by atoms with Gasteiger partial charge in [0.2, 0.25) is 5.75 Å². The van der Waals surface area contributed by atoms with Gasteiger partial charge in [-0.05, 0) is 12.1 Å². The summed E-state index contributed by atoms with van der Waals surface area (Å²) in [7, 11) is 0. The molecule has 0 spiro atoms. The van der Waals surface area contributed by atoms with Gasteiger partial charge in [-0.15, -0.1) is 0 Å². The lowest BCUT2D eigenvalue weighted by Gasteiger charge is -2.04. The molecule has 90 valence electrons. The highest BCUT2D eigenvalue weighted by Crippen LogP contribution is 2.29. The van der Waals surface area contributed by atoms with Crippen LogP contribution in [0.15, 0.2) is 30.4 Å². The third-order valence-corrected chi connectivity index (χ3v) is 1.73. The molecular formula is C10H8FNO5. The molecule has 6 nitrogen and oxygen atoms in total. The van der Waals surface area contributed by atoms with Crippen LogP contribution in [0.5, 0.6) is 5.75 Å². The average Bonchev–Trinajstić information content (AvgIpc) is 2.25. The zero-order chi connectivity index (χ0) is 12.8. The van der Waals surface area contributed by atoms with Crippen molar-refractivity contribution >= 4 is 11.7 Å². The number of halogens is 1. The number of rotatable bonds is 5. The van der Waals surface area contributed by atoms with Crippen molar-refractivity contribution in [1.29, 1.82) is 0 Å². The maximum atomic E-state index is 13.2. The Bertz CT molecular complexity index is 472. The van der Waals surface area contributed by atoms with Crippen LogP contribution in [0.25, 0.3) is 0 Å². The number of ether oxygens (including phenoxy) is 1. The van der Waals surface area contributed by atoms with Gasteiger partial charge in [0.05, 0.1) is 4.92 Å². The van der Waals surface area contributed by atoms with Crippen LogP contribution in [0.2, 0.25) is 0 Å². The van der Waals surface area contributed by atoms with E-state index in [1.807, 2.05) is 0 Å². The molecule has 1 aromatic rings. The zero-order valence-electron chi connectivity index (χ0n) is 8.50. The van der Waals surface area contributed by atoms with Crippen LogP contribution in [0.4, 0.5) is 10.1 Å².